The van der Waals surface area contributed by atoms with E-state index in [2.05, 4.69) is 10.2 Å². The molecule has 0 radical (unpaired) electrons. The number of sulfonamides is 1. The first-order valence-electron chi connectivity index (χ1n) is 8.88. The lowest BCUT2D eigenvalue weighted by atomic mass is 10.2. The molecule has 8 heteroatoms. The van der Waals surface area contributed by atoms with Crippen LogP contribution in [0.4, 0.5) is 5.69 Å². The first-order valence-corrected chi connectivity index (χ1v) is 10.7. The number of nitrogens with one attached hydrogen (secondary N) is 1. The molecule has 1 fully saturated rings. The Labute approximate surface area is 170 Å². The van der Waals surface area contributed by atoms with Crippen molar-refractivity contribution < 1.29 is 13.2 Å². The molecule has 0 atom stereocenters. The highest BCUT2D eigenvalue weighted by atomic mass is 35.5. The molecule has 1 N–H and O–H groups in total. The van der Waals surface area contributed by atoms with E-state index in [1.165, 1.54) is 16.4 Å². The summed E-state index contributed by atoms with van der Waals surface area (Å²) in [6.07, 6.45) is 3.03. The van der Waals surface area contributed by atoms with Gasteiger partial charge < -0.3 is 10.2 Å². The molecule has 1 heterocycles. The van der Waals surface area contributed by atoms with Crippen LogP contribution in [-0.2, 0) is 14.8 Å². The van der Waals surface area contributed by atoms with Gasteiger partial charge in [0, 0.05) is 43.0 Å². The quantitative estimate of drug-likeness (QED) is 0.756. The average molecular weight is 420 g/mol. The molecule has 0 unspecified atom stereocenters. The lowest BCUT2D eigenvalue weighted by Crippen LogP contribution is -2.47. The molecule has 1 amide bonds. The van der Waals surface area contributed by atoms with Gasteiger partial charge in [-0.15, -0.1) is 0 Å². The number of piperazine rings is 1. The van der Waals surface area contributed by atoms with E-state index >= 15 is 0 Å². The number of likely N-dealkylation sites (N-methyl/N-ethyl adjacent to an activating group) is 1. The third-order valence-electron chi connectivity index (χ3n) is 4.48. The van der Waals surface area contributed by atoms with Crippen molar-refractivity contribution in [3.63, 3.8) is 0 Å². The molecule has 6 nitrogen and oxygen atoms in total. The zero-order chi connectivity index (χ0) is 20.1. The van der Waals surface area contributed by atoms with Gasteiger partial charge in [-0.25, -0.2) is 8.42 Å². The summed E-state index contributed by atoms with van der Waals surface area (Å²) >= 11 is 5.92. The van der Waals surface area contributed by atoms with Crippen molar-refractivity contribution in [2.24, 2.45) is 0 Å². The fraction of sp³-hybridized carbons (Fsp3) is 0.250. The van der Waals surface area contributed by atoms with Crippen molar-refractivity contribution >= 4 is 39.3 Å². The van der Waals surface area contributed by atoms with E-state index in [9.17, 15) is 13.2 Å². The van der Waals surface area contributed by atoms with Crippen LogP contribution in [0.15, 0.2) is 59.5 Å². The van der Waals surface area contributed by atoms with Crippen LogP contribution in [0.2, 0.25) is 5.02 Å². The molecule has 2 aromatic rings. The van der Waals surface area contributed by atoms with E-state index in [1.54, 1.807) is 42.5 Å². The van der Waals surface area contributed by atoms with Gasteiger partial charge in [-0.2, -0.15) is 4.31 Å². The number of carbonyl (C=O) groups is 1. The number of benzene rings is 2. The van der Waals surface area contributed by atoms with E-state index in [0.717, 1.165) is 5.56 Å². The van der Waals surface area contributed by atoms with Gasteiger partial charge in [-0.05, 0) is 49.0 Å². The number of amides is 1. The Bertz CT molecular complexity index is 984. The van der Waals surface area contributed by atoms with Crippen LogP contribution in [0, 0.1) is 0 Å². The summed E-state index contributed by atoms with van der Waals surface area (Å²) in [6, 6.07) is 13.4. The minimum absolute atomic E-state index is 0.175. The predicted octanol–water partition coefficient (Wildman–Crippen LogP) is 2.93. The fourth-order valence-electron chi connectivity index (χ4n) is 2.88. The first-order chi connectivity index (χ1) is 13.3. The summed E-state index contributed by atoms with van der Waals surface area (Å²) < 4.78 is 27.2. The van der Waals surface area contributed by atoms with Gasteiger partial charge in [0.05, 0.1) is 4.90 Å². The molecular weight excluding hydrogens is 398 g/mol. The Hall–Kier alpha value is -2.19. The predicted molar refractivity (Wildman–Crippen MR) is 112 cm³/mol. The molecule has 1 aliphatic heterocycles. The summed E-state index contributed by atoms with van der Waals surface area (Å²) in [4.78, 5) is 14.4. The second-order valence-electron chi connectivity index (χ2n) is 6.61. The molecule has 0 aromatic heterocycles. The average Bonchev–Trinajstić information content (AvgIpc) is 2.67. The second-order valence-corrected chi connectivity index (χ2v) is 8.99. The number of rotatable bonds is 5. The van der Waals surface area contributed by atoms with Crippen LogP contribution in [-0.4, -0.2) is 56.8 Å². The molecule has 28 heavy (non-hydrogen) atoms. The van der Waals surface area contributed by atoms with Crippen LogP contribution in [0.1, 0.15) is 5.56 Å². The number of nitrogens with zero attached hydrogens (tertiary/aromatic N) is 2. The van der Waals surface area contributed by atoms with Gasteiger partial charge in [0.15, 0.2) is 0 Å². The monoisotopic (exact) mass is 419 g/mol. The van der Waals surface area contributed by atoms with Crippen molar-refractivity contribution in [1.29, 1.82) is 0 Å². The van der Waals surface area contributed by atoms with Crippen molar-refractivity contribution in [3.05, 3.63) is 65.2 Å². The molecule has 0 bridgehead atoms. The van der Waals surface area contributed by atoms with Crippen LogP contribution < -0.4 is 5.32 Å². The maximum absolute atomic E-state index is 12.8. The molecule has 148 valence electrons. The third-order valence-corrected chi connectivity index (χ3v) is 6.61. The van der Waals surface area contributed by atoms with Crippen molar-refractivity contribution in [3.8, 4) is 0 Å². The highest BCUT2D eigenvalue weighted by Gasteiger charge is 2.27. The summed E-state index contributed by atoms with van der Waals surface area (Å²) in [5.74, 6) is -0.353. The lowest BCUT2D eigenvalue weighted by molar-refractivity contribution is -0.111. The maximum atomic E-state index is 12.8. The van der Waals surface area contributed by atoms with Crippen LogP contribution >= 0.6 is 11.6 Å². The largest absolute Gasteiger partial charge is 0.322 e. The minimum atomic E-state index is -3.58. The van der Waals surface area contributed by atoms with Gasteiger partial charge >= 0.3 is 0 Å². The van der Waals surface area contributed by atoms with Crippen LogP contribution in [0.25, 0.3) is 6.08 Å². The Kier molecular flexibility index (Phi) is 6.51. The number of halogens is 1. The molecule has 0 spiro atoms. The summed E-state index contributed by atoms with van der Waals surface area (Å²) in [6.45, 7) is 2.31. The lowest BCUT2D eigenvalue weighted by Gasteiger charge is -2.31. The molecule has 3 rings (SSSR count). The van der Waals surface area contributed by atoms with Gasteiger partial charge in [-0.3, -0.25) is 4.79 Å². The number of carbonyl (C=O) groups excluding carboxylic acids is 1. The van der Waals surface area contributed by atoms with Gasteiger partial charge in [0.2, 0.25) is 15.9 Å². The van der Waals surface area contributed by atoms with E-state index in [4.69, 9.17) is 11.6 Å². The first kappa shape index (κ1) is 20.5. The SMILES string of the molecule is CN1CCN(S(=O)(=O)c2cccc(NC(=O)/C=C/c3cccc(Cl)c3)c2)CC1. The standard InChI is InChI=1S/C20H22ClN3O3S/c1-23-10-12-24(13-11-23)28(26,27)19-7-3-6-18(15-19)22-20(25)9-8-16-4-2-5-17(21)14-16/h2-9,14-15H,10-13H2,1H3,(H,22,25)/b9-8+. The topological polar surface area (TPSA) is 69.7 Å². The van der Waals surface area contributed by atoms with E-state index in [-0.39, 0.29) is 10.8 Å². The molecule has 1 aliphatic rings. The zero-order valence-corrected chi connectivity index (χ0v) is 17.1. The summed E-state index contributed by atoms with van der Waals surface area (Å²) in [5.41, 5.74) is 1.23. The van der Waals surface area contributed by atoms with Crippen LogP contribution in [0.5, 0.6) is 0 Å². The maximum Gasteiger partial charge on any atom is 0.248 e. The zero-order valence-electron chi connectivity index (χ0n) is 15.5. The highest BCUT2D eigenvalue weighted by Crippen LogP contribution is 2.21. The second kappa shape index (κ2) is 8.87. The minimum Gasteiger partial charge on any atom is -0.322 e. The van der Waals surface area contributed by atoms with E-state index in [1.807, 2.05) is 13.1 Å². The van der Waals surface area contributed by atoms with Gasteiger partial charge in [0.1, 0.15) is 0 Å². The summed E-state index contributed by atoms with van der Waals surface area (Å²) in [7, 11) is -1.61. The molecule has 0 aliphatic carbocycles. The Morgan fingerprint density at radius 1 is 1.07 bits per heavy atom. The highest BCUT2D eigenvalue weighted by molar-refractivity contribution is 7.89. The van der Waals surface area contributed by atoms with Gasteiger partial charge in [-0.1, -0.05) is 29.8 Å². The number of hydrogen-bond acceptors (Lipinski definition) is 4. The van der Waals surface area contributed by atoms with E-state index in [0.29, 0.717) is 36.9 Å². The Morgan fingerprint density at radius 2 is 1.79 bits per heavy atom. The normalized spacial score (nSPS) is 16.4. The molecule has 0 saturated carbocycles. The Balaban J connectivity index is 1.70. The third kappa shape index (κ3) is 5.20. The summed E-state index contributed by atoms with van der Waals surface area (Å²) in [5, 5.41) is 3.29. The fourth-order valence-corrected chi connectivity index (χ4v) is 4.55. The molecular formula is C20H22ClN3O3S. The number of hydrogen-bond donors (Lipinski definition) is 1. The molecule has 1 saturated heterocycles. The smallest absolute Gasteiger partial charge is 0.248 e. The van der Waals surface area contributed by atoms with E-state index < -0.39 is 10.0 Å². The molecule has 2 aromatic carbocycles. The van der Waals surface area contributed by atoms with Crippen LogP contribution in [0.3, 0.4) is 0 Å². The number of anilines is 1. The van der Waals surface area contributed by atoms with Crippen molar-refractivity contribution in [2.45, 2.75) is 4.90 Å². The Morgan fingerprint density at radius 3 is 2.50 bits per heavy atom. The van der Waals surface area contributed by atoms with Crippen molar-refractivity contribution in [2.75, 3.05) is 38.5 Å². The van der Waals surface area contributed by atoms with Gasteiger partial charge in [0.25, 0.3) is 0 Å². The van der Waals surface area contributed by atoms with Crippen molar-refractivity contribution in [1.82, 2.24) is 9.21 Å².